The molecular formula is C15H15BrN2O3. The molecule has 0 aliphatic rings. The zero-order valence-corrected chi connectivity index (χ0v) is 13.1. The second kappa shape index (κ2) is 7.08. The lowest BCUT2D eigenvalue weighted by Gasteiger charge is -2.11. The number of ether oxygens (including phenoxy) is 1. The first-order chi connectivity index (χ1) is 10.1. The molecule has 0 unspecified atom stereocenters. The van der Waals surface area contributed by atoms with E-state index in [2.05, 4.69) is 21.2 Å². The standard InChI is InChI=1S/C15H15BrN2O3/c1-2-21-15-6-4-3-5-11(15)10-17-12-7-8-13(16)14(9-12)18(19)20/h3-9,17H,2,10H2,1H3. The van der Waals surface area contributed by atoms with Crippen LogP contribution < -0.4 is 10.1 Å². The lowest BCUT2D eigenvalue weighted by Crippen LogP contribution is -2.03. The van der Waals surface area contributed by atoms with Crippen LogP contribution in [-0.4, -0.2) is 11.5 Å². The topological polar surface area (TPSA) is 64.4 Å². The molecule has 0 aliphatic heterocycles. The Morgan fingerprint density at radius 1 is 1.29 bits per heavy atom. The lowest BCUT2D eigenvalue weighted by molar-refractivity contribution is -0.385. The van der Waals surface area contributed by atoms with Gasteiger partial charge < -0.3 is 10.1 Å². The van der Waals surface area contributed by atoms with Crippen molar-refractivity contribution in [3.63, 3.8) is 0 Å². The summed E-state index contributed by atoms with van der Waals surface area (Å²) >= 11 is 3.17. The molecule has 21 heavy (non-hydrogen) atoms. The number of nitrogens with one attached hydrogen (secondary N) is 1. The van der Waals surface area contributed by atoms with Gasteiger partial charge in [-0.2, -0.15) is 0 Å². The fourth-order valence-corrected chi connectivity index (χ4v) is 2.30. The second-order valence-corrected chi connectivity index (χ2v) is 5.17. The SMILES string of the molecule is CCOc1ccccc1CNc1ccc(Br)c([N+](=O)[O-])c1. The highest BCUT2D eigenvalue weighted by molar-refractivity contribution is 9.10. The van der Waals surface area contributed by atoms with Crippen LogP contribution in [0.5, 0.6) is 5.75 Å². The summed E-state index contributed by atoms with van der Waals surface area (Å²) in [5.74, 6) is 0.819. The largest absolute Gasteiger partial charge is 0.494 e. The van der Waals surface area contributed by atoms with Crippen LogP contribution in [0.4, 0.5) is 11.4 Å². The molecule has 2 aromatic carbocycles. The third kappa shape index (κ3) is 3.95. The zero-order valence-electron chi connectivity index (χ0n) is 11.5. The molecule has 0 amide bonds. The molecule has 0 saturated carbocycles. The van der Waals surface area contributed by atoms with E-state index in [1.54, 1.807) is 12.1 Å². The average Bonchev–Trinajstić information content (AvgIpc) is 2.47. The van der Waals surface area contributed by atoms with Gasteiger partial charge in [-0.1, -0.05) is 18.2 Å². The van der Waals surface area contributed by atoms with Crippen LogP contribution in [0.15, 0.2) is 46.9 Å². The van der Waals surface area contributed by atoms with Crippen molar-refractivity contribution in [1.82, 2.24) is 0 Å². The molecule has 1 N–H and O–H groups in total. The van der Waals surface area contributed by atoms with Crippen LogP contribution in [0.3, 0.4) is 0 Å². The van der Waals surface area contributed by atoms with E-state index in [1.807, 2.05) is 31.2 Å². The number of hydrogen-bond donors (Lipinski definition) is 1. The summed E-state index contributed by atoms with van der Waals surface area (Å²) < 4.78 is 6.02. The number of nitrogens with zero attached hydrogens (tertiary/aromatic N) is 1. The number of halogens is 1. The van der Waals surface area contributed by atoms with Crippen LogP contribution >= 0.6 is 15.9 Å². The van der Waals surface area contributed by atoms with Crippen molar-refractivity contribution in [1.29, 1.82) is 0 Å². The fraction of sp³-hybridized carbons (Fsp3) is 0.200. The van der Waals surface area contributed by atoms with E-state index in [4.69, 9.17) is 4.74 Å². The maximum atomic E-state index is 10.9. The zero-order chi connectivity index (χ0) is 15.2. The van der Waals surface area contributed by atoms with Gasteiger partial charge in [0.1, 0.15) is 5.75 Å². The Bertz CT molecular complexity index is 647. The van der Waals surface area contributed by atoms with Crippen LogP contribution in [0.25, 0.3) is 0 Å². The van der Waals surface area contributed by atoms with Gasteiger partial charge in [0.25, 0.3) is 5.69 Å². The quantitative estimate of drug-likeness (QED) is 0.620. The van der Waals surface area contributed by atoms with Gasteiger partial charge in [-0.25, -0.2) is 0 Å². The van der Waals surface area contributed by atoms with E-state index in [1.165, 1.54) is 6.07 Å². The Balaban J connectivity index is 2.13. The number of nitro groups is 1. The summed E-state index contributed by atoms with van der Waals surface area (Å²) in [6.45, 7) is 3.07. The van der Waals surface area contributed by atoms with Gasteiger partial charge in [0.05, 0.1) is 16.0 Å². The first-order valence-electron chi connectivity index (χ1n) is 6.50. The number of nitro benzene ring substituents is 1. The Morgan fingerprint density at radius 3 is 2.76 bits per heavy atom. The van der Waals surface area contributed by atoms with Crippen molar-refractivity contribution in [2.45, 2.75) is 13.5 Å². The Hall–Kier alpha value is -2.08. The summed E-state index contributed by atoms with van der Waals surface area (Å²) in [6.07, 6.45) is 0. The molecule has 0 aliphatic carbocycles. The van der Waals surface area contributed by atoms with Gasteiger partial charge in [-0.3, -0.25) is 10.1 Å². The summed E-state index contributed by atoms with van der Waals surface area (Å²) in [5.41, 5.74) is 1.74. The summed E-state index contributed by atoms with van der Waals surface area (Å²) in [4.78, 5) is 10.5. The molecule has 0 radical (unpaired) electrons. The van der Waals surface area contributed by atoms with Gasteiger partial charge in [0.2, 0.25) is 0 Å². The van der Waals surface area contributed by atoms with Crippen LogP contribution in [-0.2, 0) is 6.54 Å². The number of hydrogen-bond acceptors (Lipinski definition) is 4. The minimum atomic E-state index is -0.413. The van der Waals surface area contributed by atoms with Crippen LogP contribution in [0, 0.1) is 10.1 Å². The molecular weight excluding hydrogens is 336 g/mol. The van der Waals surface area contributed by atoms with E-state index in [0.29, 0.717) is 23.3 Å². The summed E-state index contributed by atoms with van der Waals surface area (Å²) in [7, 11) is 0. The Labute approximate surface area is 131 Å². The molecule has 2 aromatic rings. The molecule has 5 nitrogen and oxygen atoms in total. The van der Waals surface area contributed by atoms with Gasteiger partial charge in [-0.15, -0.1) is 0 Å². The first-order valence-corrected chi connectivity index (χ1v) is 7.29. The van der Waals surface area contributed by atoms with Gasteiger partial charge in [0, 0.05) is 23.9 Å². The highest BCUT2D eigenvalue weighted by Gasteiger charge is 2.12. The van der Waals surface area contributed by atoms with E-state index in [0.717, 1.165) is 11.3 Å². The number of rotatable bonds is 6. The first kappa shape index (κ1) is 15.3. The van der Waals surface area contributed by atoms with Crippen molar-refractivity contribution in [3.05, 3.63) is 62.6 Å². The van der Waals surface area contributed by atoms with E-state index < -0.39 is 4.92 Å². The second-order valence-electron chi connectivity index (χ2n) is 4.32. The number of benzene rings is 2. The summed E-state index contributed by atoms with van der Waals surface area (Å²) in [6, 6.07) is 12.7. The molecule has 0 heterocycles. The summed E-state index contributed by atoms with van der Waals surface area (Å²) in [5, 5.41) is 14.1. The minimum absolute atomic E-state index is 0.0399. The predicted octanol–water partition coefficient (Wildman–Crippen LogP) is 4.37. The molecule has 2 rings (SSSR count). The molecule has 0 fully saturated rings. The van der Waals surface area contributed by atoms with E-state index in [-0.39, 0.29) is 5.69 Å². The maximum Gasteiger partial charge on any atom is 0.285 e. The number of anilines is 1. The smallest absolute Gasteiger partial charge is 0.285 e. The van der Waals surface area contributed by atoms with Gasteiger partial charge in [-0.05, 0) is 41.1 Å². The maximum absolute atomic E-state index is 10.9. The fourth-order valence-electron chi connectivity index (χ4n) is 1.91. The van der Waals surface area contributed by atoms with Gasteiger partial charge >= 0.3 is 0 Å². The molecule has 0 atom stereocenters. The number of para-hydroxylation sites is 1. The molecule has 0 spiro atoms. The van der Waals surface area contributed by atoms with Crippen LogP contribution in [0.2, 0.25) is 0 Å². The minimum Gasteiger partial charge on any atom is -0.494 e. The molecule has 0 aromatic heterocycles. The van der Waals surface area contributed by atoms with E-state index >= 15 is 0 Å². The van der Waals surface area contributed by atoms with Crippen molar-refractivity contribution in [2.75, 3.05) is 11.9 Å². The molecule has 110 valence electrons. The van der Waals surface area contributed by atoms with Crippen molar-refractivity contribution < 1.29 is 9.66 Å². The highest BCUT2D eigenvalue weighted by Crippen LogP contribution is 2.28. The normalized spacial score (nSPS) is 10.2. The average molecular weight is 351 g/mol. The Morgan fingerprint density at radius 2 is 2.05 bits per heavy atom. The third-order valence-corrected chi connectivity index (χ3v) is 3.57. The van der Waals surface area contributed by atoms with Gasteiger partial charge in [0.15, 0.2) is 0 Å². The highest BCUT2D eigenvalue weighted by atomic mass is 79.9. The third-order valence-electron chi connectivity index (χ3n) is 2.90. The molecule has 0 saturated heterocycles. The van der Waals surface area contributed by atoms with Crippen molar-refractivity contribution in [2.24, 2.45) is 0 Å². The monoisotopic (exact) mass is 350 g/mol. The predicted molar refractivity (Wildman–Crippen MR) is 85.7 cm³/mol. The van der Waals surface area contributed by atoms with Crippen LogP contribution in [0.1, 0.15) is 12.5 Å². The van der Waals surface area contributed by atoms with Crippen molar-refractivity contribution >= 4 is 27.3 Å². The van der Waals surface area contributed by atoms with E-state index in [9.17, 15) is 10.1 Å². The molecule has 0 bridgehead atoms. The Kier molecular flexibility index (Phi) is 5.16. The lowest BCUT2D eigenvalue weighted by atomic mass is 10.2. The molecule has 6 heteroatoms. The van der Waals surface area contributed by atoms with Crippen molar-refractivity contribution in [3.8, 4) is 5.75 Å².